The molecule has 21 heavy (non-hydrogen) atoms. The number of anilines is 1. The molecular weight excluding hydrogens is 332 g/mol. The van der Waals surface area contributed by atoms with Crippen LogP contribution < -0.4 is 16.2 Å². The fourth-order valence-corrected chi connectivity index (χ4v) is 3.45. The lowest BCUT2D eigenvalue weighted by molar-refractivity contribution is 0.384. The maximum absolute atomic E-state index is 12.4. The van der Waals surface area contributed by atoms with Crippen LogP contribution in [0.15, 0.2) is 15.5 Å². The monoisotopic (exact) mass is 356 g/mol. The van der Waals surface area contributed by atoms with Crippen molar-refractivity contribution in [2.24, 2.45) is 11.7 Å². The van der Waals surface area contributed by atoms with Gasteiger partial charge in [0.05, 0.1) is 11.9 Å². The minimum atomic E-state index is -0.0550. The van der Waals surface area contributed by atoms with E-state index in [0.29, 0.717) is 29.0 Å². The molecule has 0 amide bonds. The lowest BCUT2D eigenvalue weighted by Crippen LogP contribution is -2.40. The van der Waals surface area contributed by atoms with Crippen LogP contribution >= 0.6 is 15.9 Å². The number of rotatable bonds is 4. The third kappa shape index (κ3) is 3.86. The highest BCUT2D eigenvalue weighted by molar-refractivity contribution is 9.10. The van der Waals surface area contributed by atoms with Crippen LogP contribution in [0.1, 0.15) is 39.5 Å². The molecule has 1 fully saturated rings. The van der Waals surface area contributed by atoms with E-state index in [2.05, 4.69) is 39.8 Å². The summed E-state index contributed by atoms with van der Waals surface area (Å²) in [5.41, 5.74) is 6.78. The molecule has 0 aliphatic heterocycles. The highest BCUT2D eigenvalue weighted by Gasteiger charge is 2.24. The van der Waals surface area contributed by atoms with Gasteiger partial charge in [0.15, 0.2) is 0 Å². The summed E-state index contributed by atoms with van der Waals surface area (Å²) >= 11 is 3.46. The standard InChI is InChI=1S/C15H25BrN4O/c1-10(2)9-20-15(21)14(16)13(8-18-20)19(3)12-6-4-11(17)5-7-12/h8,10-12H,4-7,9,17H2,1-3H3. The minimum absolute atomic E-state index is 0.0550. The van der Waals surface area contributed by atoms with Gasteiger partial charge in [-0.1, -0.05) is 13.8 Å². The fourth-order valence-electron chi connectivity index (χ4n) is 2.86. The number of nitrogens with two attached hydrogens (primary N) is 1. The molecule has 2 rings (SSSR count). The summed E-state index contributed by atoms with van der Waals surface area (Å²) in [4.78, 5) is 14.5. The Morgan fingerprint density at radius 1 is 1.43 bits per heavy atom. The van der Waals surface area contributed by atoms with Gasteiger partial charge in [0.2, 0.25) is 0 Å². The molecule has 118 valence electrons. The molecule has 0 aromatic carbocycles. The van der Waals surface area contributed by atoms with Gasteiger partial charge >= 0.3 is 0 Å². The minimum Gasteiger partial charge on any atom is -0.369 e. The van der Waals surface area contributed by atoms with Crippen molar-refractivity contribution in [3.05, 3.63) is 21.0 Å². The fraction of sp³-hybridized carbons (Fsp3) is 0.733. The van der Waals surface area contributed by atoms with Crippen LogP contribution in [0.25, 0.3) is 0 Å². The SMILES string of the molecule is CC(C)Cn1ncc(N(C)C2CCC(N)CC2)c(Br)c1=O. The van der Waals surface area contributed by atoms with Gasteiger partial charge in [-0.3, -0.25) is 4.79 Å². The Labute approximate surface area is 134 Å². The van der Waals surface area contributed by atoms with Gasteiger partial charge in [0.25, 0.3) is 5.56 Å². The molecule has 2 N–H and O–H groups in total. The van der Waals surface area contributed by atoms with Crippen molar-refractivity contribution in [2.45, 2.75) is 58.2 Å². The summed E-state index contributed by atoms with van der Waals surface area (Å²) in [7, 11) is 2.04. The molecule has 0 radical (unpaired) electrons. The molecule has 1 aromatic rings. The molecule has 5 nitrogen and oxygen atoms in total. The summed E-state index contributed by atoms with van der Waals surface area (Å²) in [6.07, 6.45) is 6.02. The summed E-state index contributed by atoms with van der Waals surface area (Å²) in [6, 6.07) is 0.763. The van der Waals surface area contributed by atoms with Crippen molar-refractivity contribution in [3.63, 3.8) is 0 Å². The quantitative estimate of drug-likeness (QED) is 0.899. The smallest absolute Gasteiger partial charge is 0.283 e. The van der Waals surface area contributed by atoms with Crippen molar-refractivity contribution in [1.29, 1.82) is 0 Å². The zero-order valence-electron chi connectivity index (χ0n) is 13.1. The molecule has 1 saturated carbocycles. The van der Waals surface area contributed by atoms with E-state index in [-0.39, 0.29) is 5.56 Å². The first-order valence-corrected chi connectivity index (χ1v) is 8.43. The van der Waals surface area contributed by atoms with Crippen molar-refractivity contribution in [3.8, 4) is 0 Å². The van der Waals surface area contributed by atoms with E-state index in [9.17, 15) is 4.79 Å². The van der Waals surface area contributed by atoms with E-state index >= 15 is 0 Å². The topological polar surface area (TPSA) is 64.2 Å². The summed E-state index contributed by atoms with van der Waals surface area (Å²) in [5.74, 6) is 0.394. The van der Waals surface area contributed by atoms with E-state index in [1.54, 1.807) is 6.20 Å². The van der Waals surface area contributed by atoms with Crippen molar-refractivity contribution < 1.29 is 0 Å². The van der Waals surface area contributed by atoms with Crippen LogP contribution in [0.4, 0.5) is 5.69 Å². The van der Waals surface area contributed by atoms with E-state index in [1.165, 1.54) is 4.68 Å². The predicted molar refractivity (Wildman–Crippen MR) is 89.7 cm³/mol. The van der Waals surface area contributed by atoms with E-state index in [1.807, 2.05) is 7.05 Å². The van der Waals surface area contributed by atoms with Crippen LogP contribution in [0.3, 0.4) is 0 Å². The second-order valence-electron chi connectivity index (χ2n) is 6.40. The molecule has 1 aromatic heterocycles. The highest BCUT2D eigenvalue weighted by Crippen LogP contribution is 2.28. The van der Waals surface area contributed by atoms with Crippen LogP contribution in [-0.4, -0.2) is 28.9 Å². The van der Waals surface area contributed by atoms with Gasteiger partial charge in [-0.05, 0) is 47.5 Å². The Morgan fingerprint density at radius 3 is 2.62 bits per heavy atom. The van der Waals surface area contributed by atoms with Crippen molar-refractivity contribution in [2.75, 3.05) is 11.9 Å². The largest absolute Gasteiger partial charge is 0.369 e. The third-order valence-corrected chi connectivity index (χ3v) is 4.92. The van der Waals surface area contributed by atoms with E-state index in [0.717, 1.165) is 31.4 Å². The zero-order chi connectivity index (χ0) is 15.6. The summed E-state index contributed by atoms with van der Waals surface area (Å²) < 4.78 is 2.14. The van der Waals surface area contributed by atoms with Crippen LogP contribution in [0, 0.1) is 5.92 Å². The molecule has 0 unspecified atom stereocenters. The highest BCUT2D eigenvalue weighted by atomic mass is 79.9. The Balaban J connectivity index is 2.20. The first kappa shape index (κ1) is 16.5. The first-order chi connectivity index (χ1) is 9.90. The lowest BCUT2D eigenvalue weighted by Gasteiger charge is -2.35. The van der Waals surface area contributed by atoms with Gasteiger partial charge in [0, 0.05) is 25.7 Å². The Morgan fingerprint density at radius 2 is 2.05 bits per heavy atom. The molecule has 6 heteroatoms. The number of aromatic nitrogens is 2. The lowest BCUT2D eigenvalue weighted by atomic mass is 9.91. The Bertz CT molecular complexity index is 535. The summed E-state index contributed by atoms with van der Waals surface area (Å²) in [6.45, 7) is 4.79. The van der Waals surface area contributed by atoms with Crippen LogP contribution in [-0.2, 0) is 6.54 Å². The average molecular weight is 357 g/mol. The van der Waals surface area contributed by atoms with Crippen molar-refractivity contribution >= 4 is 21.6 Å². The average Bonchev–Trinajstić information content (AvgIpc) is 2.44. The van der Waals surface area contributed by atoms with Gasteiger partial charge in [-0.2, -0.15) is 5.10 Å². The van der Waals surface area contributed by atoms with Gasteiger partial charge in [0.1, 0.15) is 4.47 Å². The number of nitrogens with zero attached hydrogens (tertiary/aromatic N) is 3. The molecule has 0 bridgehead atoms. The normalized spacial score (nSPS) is 22.6. The maximum atomic E-state index is 12.4. The number of halogens is 1. The van der Waals surface area contributed by atoms with Crippen LogP contribution in [0.2, 0.25) is 0 Å². The third-order valence-electron chi connectivity index (χ3n) is 4.17. The molecule has 0 saturated heterocycles. The molecule has 0 spiro atoms. The maximum Gasteiger partial charge on any atom is 0.283 e. The van der Waals surface area contributed by atoms with E-state index < -0.39 is 0 Å². The molecular formula is C15H25BrN4O. The molecule has 1 aliphatic rings. The van der Waals surface area contributed by atoms with Gasteiger partial charge in [-0.25, -0.2) is 4.68 Å². The number of hydrogen-bond donors (Lipinski definition) is 1. The molecule has 0 atom stereocenters. The van der Waals surface area contributed by atoms with Crippen molar-refractivity contribution in [1.82, 2.24) is 9.78 Å². The van der Waals surface area contributed by atoms with Gasteiger partial charge in [-0.15, -0.1) is 0 Å². The second-order valence-corrected chi connectivity index (χ2v) is 7.20. The first-order valence-electron chi connectivity index (χ1n) is 7.64. The van der Waals surface area contributed by atoms with Gasteiger partial charge < -0.3 is 10.6 Å². The predicted octanol–water partition coefficient (Wildman–Crippen LogP) is 2.37. The summed E-state index contributed by atoms with van der Waals surface area (Å²) in [5, 5.41) is 4.32. The Kier molecular flexibility index (Phi) is 5.43. The molecule has 1 heterocycles. The van der Waals surface area contributed by atoms with E-state index in [4.69, 9.17) is 5.73 Å². The van der Waals surface area contributed by atoms with Crippen LogP contribution in [0.5, 0.6) is 0 Å². The number of hydrogen-bond acceptors (Lipinski definition) is 4. The Hall–Kier alpha value is -0.880. The second kappa shape index (κ2) is 6.92. The molecule has 1 aliphatic carbocycles. The zero-order valence-corrected chi connectivity index (χ0v) is 14.6.